The molecule has 0 atom stereocenters. The Labute approximate surface area is 182 Å². The van der Waals surface area contributed by atoms with Crippen molar-refractivity contribution in [3.05, 3.63) is 101 Å². The standard InChI is InChI=1S/C23H16N4O4S/c28-22-20-15-24-27(16-7-3-1-4-8-16)21(20)25-23(26-22)31-17-11-13-19(14-12-17)32(29,30)18-9-5-2-6-10-18/h1-15H,(H,25,26,28). The third kappa shape index (κ3) is 3.54. The van der Waals surface area contributed by atoms with E-state index >= 15 is 0 Å². The van der Waals surface area contributed by atoms with Crippen molar-refractivity contribution in [1.82, 2.24) is 19.7 Å². The number of nitrogens with zero attached hydrogens (tertiary/aromatic N) is 3. The largest absolute Gasteiger partial charge is 0.426 e. The van der Waals surface area contributed by atoms with Gasteiger partial charge in [-0.1, -0.05) is 36.4 Å². The van der Waals surface area contributed by atoms with E-state index in [1.54, 1.807) is 35.0 Å². The minimum Gasteiger partial charge on any atom is -0.426 e. The van der Waals surface area contributed by atoms with Crippen LogP contribution in [0.4, 0.5) is 0 Å². The number of hydrogen-bond acceptors (Lipinski definition) is 6. The van der Waals surface area contributed by atoms with Crippen LogP contribution in [0, 0.1) is 0 Å². The third-order valence-corrected chi connectivity index (χ3v) is 6.60. The fourth-order valence-electron chi connectivity index (χ4n) is 3.24. The van der Waals surface area contributed by atoms with Crippen molar-refractivity contribution in [2.45, 2.75) is 9.79 Å². The quantitative estimate of drug-likeness (QED) is 0.443. The summed E-state index contributed by atoms with van der Waals surface area (Å²) in [7, 11) is -3.63. The fourth-order valence-corrected chi connectivity index (χ4v) is 4.52. The zero-order valence-corrected chi connectivity index (χ0v) is 17.4. The van der Waals surface area contributed by atoms with Gasteiger partial charge in [-0.2, -0.15) is 10.1 Å². The van der Waals surface area contributed by atoms with Crippen molar-refractivity contribution in [1.29, 1.82) is 0 Å². The summed E-state index contributed by atoms with van der Waals surface area (Å²) < 4.78 is 32.7. The van der Waals surface area contributed by atoms with E-state index in [0.717, 1.165) is 5.69 Å². The lowest BCUT2D eigenvalue weighted by Gasteiger charge is -2.08. The van der Waals surface area contributed by atoms with Crippen LogP contribution in [0.2, 0.25) is 0 Å². The lowest BCUT2D eigenvalue weighted by molar-refractivity contribution is 0.441. The first-order valence-corrected chi connectivity index (χ1v) is 11.1. The van der Waals surface area contributed by atoms with Gasteiger partial charge in [-0.05, 0) is 48.5 Å². The Bertz CT molecular complexity index is 1560. The topological polar surface area (TPSA) is 107 Å². The van der Waals surface area contributed by atoms with Gasteiger partial charge < -0.3 is 4.74 Å². The van der Waals surface area contributed by atoms with Crippen LogP contribution in [0.15, 0.2) is 106 Å². The molecule has 0 unspecified atom stereocenters. The fraction of sp³-hybridized carbons (Fsp3) is 0. The molecule has 5 aromatic rings. The average Bonchev–Trinajstić information content (AvgIpc) is 3.25. The summed E-state index contributed by atoms with van der Waals surface area (Å²) in [6.07, 6.45) is 1.45. The molecule has 0 fully saturated rings. The Morgan fingerprint density at radius 1 is 0.812 bits per heavy atom. The zero-order valence-electron chi connectivity index (χ0n) is 16.5. The molecule has 0 aliphatic rings. The molecule has 0 spiro atoms. The maximum Gasteiger partial charge on any atom is 0.304 e. The molecule has 0 radical (unpaired) electrons. The molecule has 2 aromatic heterocycles. The van der Waals surface area contributed by atoms with Crippen LogP contribution < -0.4 is 10.3 Å². The summed E-state index contributed by atoms with van der Waals surface area (Å²) in [5, 5.41) is 4.58. The molecule has 0 aliphatic heterocycles. The van der Waals surface area contributed by atoms with Crippen molar-refractivity contribution in [3.63, 3.8) is 0 Å². The van der Waals surface area contributed by atoms with Crippen LogP contribution in [0.3, 0.4) is 0 Å². The first kappa shape index (κ1) is 19.7. The number of aromatic amines is 1. The predicted molar refractivity (Wildman–Crippen MR) is 118 cm³/mol. The molecular formula is C23H16N4O4S. The van der Waals surface area contributed by atoms with Crippen molar-refractivity contribution in [3.8, 4) is 17.4 Å². The highest BCUT2D eigenvalue weighted by molar-refractivity contribution is 7.91. The molecule has 5 rings (SSSR count). The average molecular weight is 444 g/mol. The number of hydrogen-bond donors (Lipinski definition) is 1. The van der Waals surface area contributed by atoms with Crippen LogP contribution in [0.1, 0.15) is 0 Å². The van der Waals surface area contributed by atoms with Crippen molar-refractivity contribution >= 4 is 20.9 Å². The number of H-pyrrole nitrogens is 1. The SMILES string of the molecule is O=c1[nH]c(Oc2ccc(S(=O)(=O)c3ccccc3)cc2)nc2c1cnn2-c1ccccc1. The summed E-state index contributed by atoms with van der Waals surface area (Å²) in [6, 6.07) is 23.4. The maximum atomic E-state index is 12.7. The minimum absolute atomic E-state index is 0.0288. The van der Waals surface area contributed by atoms with E-state index in [9.17, 15) is 13.2 Å². The molecule has 158 valence electrons. The molecule has 0 amide bonds. The first-order chi connectivity index (χ1) is 15.5. The Kier molecular flexibility index (Phi) is 4.79. The van der Waals surface area contributed by atoms with Crippen molar-refractivity contribution in [2.24, 2.45) is 0 Å². The molecular weight excluding hydrogens is 428 g/mol. The number of benzene rings is 3. The molecule has 2 heterocycles. The zero-order chi connectivity index (χ0) is 22.1. The van der Waals surface area contributed by atoms with Gasteiger partial charge in [0.25, 0.3) is 5.56 Å². The number of ether oxygens (including phenoxy) is 1. The summed E-state index contributed by atoms with van der Waals surface area (Å²) in [5.41, 5.74) is 0.704. The van der Waals surface area contributed by atoms with E-state index in [4.69, 9.17) is 4.74 Å². The number of aromatic nitrogens is 4. The highest BCUT2D eigenvalue weighted by atomic mass is 32.2. The van der Waals surface area contributed by atoms with Crippen LogP contribution in [-0.4, -0.2) is 28.2 Å². The first-order valence-electron chi connectivity index (χ1n) is 9.64. The Hall–Kier alpha value is -4.24. The summed E-state index contributed by atoms with van der Waals surface area (Å²) >= 11 is 0. The van der Waals surface area contributed by atoms with Gasteiger partial charge in [-0.15, -0.1) is 0 Å². The van der Waals surface area contributed by atoms with Gasteiger partial charge in [-0.25, -0.2) is 13.1 Å². The van der Waals surface area contributed by atoms with Gasteiger partial charge in [0, 0.05) is 0 Å². The molecule has 8 nitrogen and oxygen atoms in total. The monoisotopic (exact) mass is 444 g/mol. The highest BCUT2D eigenvalue weighted by Crippen LogP contribution is 2.25. The van der Waals surface area contributed by atoms with Crippen molar-refractivity contribution in [2.75, 3.05) is 0 Å². The lowest BCUT2D eigenvalue weighted by atomic mass is 10.3. The van der Waals surface area contributed by atoms with Gasteiger partial charge in [0.1, 0.15) is 11.1 Å². The number of fused-ring (bicyclic) bond motifs is 1. The van der Waals surface area contributed by atoms with Gasteiger partial charge in [-0.3, -0.25) is 9.78 Å². The number of nitrogens with one attached hydrogen (secondary N) is 1. The van der Waals surface area contributed by atoms with Gasteiger partial charge in [0.05, 0.1) is 21.7 Å². The van der Waals surface area contributed by atoms with E-state index in [0.29, 0.717) is 16.8 Å². The smallest absolute Gasteiger partial charge is 0.304 e. The normalized spacial score (nSPS) is 11.5. The second kappa shape index (κ2) is 7.78. The highest BCUT2D eigenvalue weighted by Gasteiger charge is 2.17. The van der Waals surface area contributed by atoms with Crippen LogP contribution in [0.5, 0.6) is 11.8 Å². The van der Waals surface area contributed by atoms with E-state index < -0.39 is 15.4 Å². The summed E-state index contributed by atoms with van der Waals surface area (Å²) in [4.78, 5) is 19.8. The van der Waals surface area contributed by atoms with Crippen LogP contribution in [0.25, 0.3) is 16.7 Å². The number of sulfone groups is 1. The second-order valence-electron chi connectivity index (χ2n) is 6.89. The van der Waals surface area contributed by atoms with E-state index in [1.165, 1.54) is 30.5 Å². The molecule has 0 aliphatic carbocycles. The molecule has 32 heavy (non-hydrogen) atoms. The Morgan fingerprint density at radius 2 is 1.44 bits per heavy atom. The van der Waals surface area contributed by atoms with Gasteiger partial charge >= 0.3 is 6.01 Å². The van der Waals surface area contributed by atoms with E-state index in [-0.39, 0.29) is 15.8 Å². The summed E-state index contributed by atoms with van der Waals surface area (Å²) in [5.74, 6) is 0.324. The van der Waals surface area contributed by atoms with Crippen LogP contribution in [-0.2, 0) is 9.84 Å². The molecule has 0 saturated carbocycles. The Balaban J connectivity index is 1.47. The molecule has 1 N–H and O–H groups in total. The molecule has 3 aromatic carbocycles. The maximum absolute atomic E-state index is 12.7. The summed E-state index contributed by atoms with van der Waals surface area (Å²) in [6.45, 7) is 0. The predicted octanol–water partition coefficient (Wildman–Crippen LogP) is 3.73. The lowest BCUT2D eigenvalue weighted by Crippen LogP contribution is -2.10. The minimum atomic E-state index is -3.63. The Morgan fingerprint density at radius 3 is 2.12 bits per heavy atom. The number of rotatable bonds is 5. The van der Waals surface area contributed by atoms with Crippen molar-refractivity contribution < 1.29 is 13.2 Å². The third-order valence-electron chi connectivity index (χ3n) is 4.82. The van der Waals surface area contributed by atoms with E-state index in [2.05, 4.69) is 15.1 Å². The second-order valence-corrected chi connectivity index (χ2v) is 8.84. The molecule has 0 bridgehead atoms. The molecule has 0 saturated heterocycles. The van der Waals surface area contributed by atoms with E-state index in [1.807, 2.05) is 30.3 Å². The van der Waals surface area contributed by atoms with Crippen LogP contribution >= 0.6 is 0 Å². The molecule has 9 heteroatoms. The van der Waals surface area contributed by atoms with Gasteiger partial charge in [0.2, 0.25) is 9.84 Å². The number of para-hydroxylation sites is 1. The van der Waals surface area contributed by atoms with Gasteiger partial charge in [0.15, 0.2) is 5.65 Å².